The minimum Gasteiger partial charge on any atom is -0.344 e. The Kier molecular flexibility index (Phi) is 3.22. The summed E-state index contributed by atoms with van der Waals surface area (Å²) in [7, 11) is 1.43. The molecule has 0 heterocycles. The molecule has 1 atom stereocenters. The maximum Gasteiger partial charge on any atom is 0.227 e. The molecule has 0 rings (SSSR count). The Morgan fingerprint density at radius 3 is 2.43 bits per heavy atom. The predicted molar refractivity (Wildman–Crippen MR) is 23.4 cm³/mol. The van der Waals surface area contributed by atoms with Crippen molar-refractivity contribution < 1.29 is 9.57 Å². The summed E-state index contributed by atoms with van der Waals surface area (Å²) in [5, 5.41) is 2.13. The lowest BCUT2D eigenvalue weighted by atomic mass is 10.8. The second-order valence-corrected chi connectivity index (χ2v) is 0.983. The molecule has 0 aromatic carbocycles. The van der Waals surface area contributed by atoms with Crippen molar-refractivity contribution in [1.82, 2.24) is 0 Å². The van der Waals surface area contributed by atoms with Crippen LogP contribution in [0.25, 0.3) is 0 Å². The van der Waals surface area contributed by atoms with E-state index in [9.17, 15) is 4.91 Å². The average molecular weight is 105 g/mol. The van der Waals surface area contributed by atoms with E-state index in [1.807, 2.05) is 0 Å². The fraction of sp³-hybridized carbons (Fsp3) is 1.00. The van der Waals surface area contributed by atoms with Gasteiger partial charge in [0.1, 0.15) is 0 Å². The molecule has 0 aromatic rings. The van der Waals surface area contributed by atoms with Crippen LogP contribution in [0.1, 0.15) is 6.92 Å². The van der Waals surface area contributed by atoms with Crippen LogP contribution in [-0.4, -0.2) is 13.4 Å². The van der Waals surface area contributed by atoms with Crippen LogP contribution in [0, 0.1) is 4.91 Å². The molecular formula is C3H7NO3. The number of ether oxygens (including phenoxy) is 1. The zero-order chi connectivity index (χ0) is 5.70. The van der Waals surface area contributed by atoms with E-state index in [1.54, 1.807) is 6.92 Å². The van der Waals surface area contributed by atoms with E-state index in [1.165, 1.54) is 7.11 Å². The molecule has 0 saturated carbocycles. The summed E-state index contributed by atoms with van der Waals surface area (Å²) in [6.45, 7) is 1.57. The Bertz CT molecular complexity index is 56.1. The Balaban J connectivity index is 2.98. The van der Waals surface area contributed by atoms with Crippen LogP contribution in [0.3, 0.4) is 0 Å². The fourth-order valence-corrected chi connectivity index (χ4v) is 0.104. The molecule has 7 heavy (non-hydrogen) atoms. The van der Waals surface area contributed by atoms with Crippen LogP contribution in [0.15, 0.2) is 5.34 Å². The standard InChI is InChI=1S/C3H7NO3/c1-3(6-2)7-4-5/h3H,1-2H3. The maximum atomic E-state index is 9.22. The Hall–Kier alpha value is -0.640. The quantitative estimate of drug-likeness (QED) is 0.301. The fourth-order valence-electron chi connectivity index (χ4n) is 0.104. The van der Waals surface area contributed by atoms with Crippen molar-refractivity contribution in [2.75, 3.05) is 7.11 Å². The maximum absolute atomic E-state index is 9.22. The first kappa shape index (κ1) is 6.36. The minimum absolute atomic E-state index is 0.530. The molecule has 0 aromatic heterocycles. The van der Waals surface area contributed by atoms with Gasteiger partial charge in [0.15, 0.2) is 5.34 Å². The highest BCUT2D eigenvalue weighted by molar-refractivity contribution is 4.19. The van der Waals surface area contributed by atoms with E-state index in [0.29, 0.717) is 0 Å². The van der Waals surface area contributed by atoms with Gasteiger partial charge in [0, 0.05) is 14.0 Å². The third kappa shape index (κ3) is 3.18. The van der Waals surface area contributed by atoms with Gasteiger partial charge in [-0.2, -0.15) is 0 Å². The average Bonchev–Trinajstić information content (AvgIpc) is 1.68. The number of methoxy groups -OCH3 is 1. The molecule has 0 fully saturated rings. The van der Waals surface area contributed by atoms with E-state index >= 15 is 0 Å². The summed E-state index contributed by atoms with van der Waals surface area (Å²) < 4.78 is 4.47. The van der Waals surface area contributed by atoms with Crippen molar-refractivity contribution in [3.8, 4) is 0 Å². The first-order valence-electron chi connectivity index (χ1n) is 1.82. The lowest BCUT2D eigenvalue weighted by molar-refractivity contribution is -0.111. The zero-order valence-electron chi connectivity index (χ0n) is 4.25. The highest BCUT2D eigenvalue weighted by Crippen LogP contribution is 1.87. The van der Waals surface area contributed by atoms with Gasteiger partial charge < -0.3 is 9.57 Å². The van der Waals surface area contributed by atoms with Crippen molar-refractivity contribution in [3.05, 3.63) is 4.91 Å². The van der Waals surface area contributed by atoms with Gasteiger partial charge in [-0.3, -0.25) is 0 Å². The Labute approximate surface area is 41.3 Å². The lowest BCUT2D eigenvalue weighted by Gasteiger charge is -2.00. The second-order valence-electron chi connectivity index (χ2n) is 0.983. The number of hydrogen-bond donors (Lipinski definition) is 0. The molecule has 1 unspecified atom stereocenters. The highest BCUT2D eigenvalue weighted by Gasteiger charge is 1.94. The molecule has 0 amide bonds. The second kappa shape index (κ2) is 3.55. The number of nitrogens with zero attached hydrogens (tertiary/aromatic N) is 1. The van der Waals surface area contributed by atoms with Crippen LogP contribution in [-0.2, 0) is 9.57 Å². The molecule has 0 aliphatic rings. The number of rotatable bonds is 3. The SMILES string of the molecule is COC(C)ON=O. The summed E-state index contributed by atoms with van der Waals surface area (Å²) in [6.07, 6.45) is -0.530. The molecule has 42 valence electrons. The van der Waals surface area contributed by atoms with Gasteiger partial charge in [0.2, 0.25) is 6.29 Å². The normalized spacial score (nSPS) is 12.9. The van der Waals surface area contributed by atoms with Crippen molar-refractivity contribution >= 4 is 0 Å². The molecule has 0 spiro atoms. The van der Waals surface area contributed by atoms with E-state index in [-0.39, 0.29) is 0 Å². The Morgan fingerprint density at radius 2 is 2.29 bits per heavy atom. The van der Waals surface area contributed by atoms with Crippen LogP contribution in [0.2, 0.25) is 0 Å². The molecule has 0 radical (unpaired) electrons. The van der Waals surface area contributed by atoms with E-state index < -0.39 is 6.29 Å². The highest BCUT2D eigenvalue weighted by atomic mass is 16.8. The van der Waals surface area contributed by atoms with E-state index in [0.717, 1.165) is 0 Å². The predicted octanol–water partition coefficient (Wildman–Crippen LogP) is 0.677. The molecule has 0 saturated heterocycles. The summed E-state index contributed by atoms with van der Waals surface area (Å²) in [4.78, 5) is 13.3. The van der Waals surface area contributed by atoms with Crippen LogP contribution >= 0.6 is 0 Å². The summed E-state index contributed by atoms with van der Waals surface area (Å²) in [5.74, 6) is 0. The van der Waals surface area contributed by atoms with Crippen molar-refractivity contribution in [2.24, 2.45) is 5.34 Å². The van der Waals surface area contributed by atoms with E-state index in [4.69, 9.17) is 0 Å². The molecular weight excluding hydrogens is 98.0 g/mol. The van der Waals surface area contributed by atoms with Gasteiger partial charge in [-0.15, -0.1) is 4.91 Å². The van der Waals surface area contributed by atoms with Crippen molar-refractivity contribution in [2.45, 2.75) is 13.2 Å². The first-order valence-corrected chi connectivity index (χ1v) is 1.82. The van der Waals surface area contributed by atoms with Gasteiger partial charge in [-0.1, -0.05) is 0 Å². The third-order valence-corrected chi connectivity index (χ3v) is 0.523. The largest absolute Gasteiger partial charge is 0.344 e. The van der Waals surface area contributed by atoms with Gasteiger partial charge in [-0.05, 0) is 0 Å². The van der Waals surface area contributed by atoms with Crippen LogP contribution < -0.4 is 0 Å². The van der Waals surface area contributed by atoms with Gasteiger partial charge >= 0.3 is 0 Å². The van der Waals surface area contributed by atoms with Crippen molar-refractivity contribution in [3.63, 3.8) is 0 Å². The molecule has 0 aliphatic heterocycles. The van der Waals surface area contributed by atoms with Crippen LogP contribution in [0.4, 0.5) is 0 Å². The molecule has 4 nitrogen and oxygen atoms in total. The van der Waals surface area contributed by atoms with Gasteiger partial charge in [0.05, 0.1) is 0 Å². The van der Waals surface area contributed by atoms with Gasteiger partial charge in [-0.25, -0.2) is 0 Å². The molecule has 0 bridgehead atoms. The summed E-state index contributed by atoms with van der Waals surface area (Å²) in [6, 6.07) is 0. The van der Waals surface area contributed by atoms with Crippen LogP contribution in [0.5, 0.6) is 0 Å². The molecule has 0 N–H and O–H groups in total. The monoisotopic (exact) mass is 105 g/mol. The van der Waals surface area contributed by atoms with E-state index in [2.05, 4.69) is 14.9 Å². The zero-order valence-corrected chi connectivity index (χ0v) is 4.25. The minimum atomic E-state index is -0.530. The Morgan fingerprint density at radius 1 is 1.71 bits per heavy atom. The molecule has 4 heteroatoms. The number of hydrogen-bond acceptors (Lipinski definition) is 4. The molecule has 0 aliphatic carbocycles. The summed E-state index contributed by atoms with van der Waals surface area (Å²) in [5.41, 5.74) is 0. The third-order valence-electron chi connectivity index (χ3n) is 0.523. The topological polar surface area (TPSA) is 47.9 Å². The first-order chi connectivity index (χ1) is 3.31. The lowest BCUT2D eigenvalue weighted by Crippen LogP contribution is -2.04. The van der Waals surface area contributed by atoms with Gasteiger partial charge in [0.25, 0.3) is 0 Å². The smallest absolute Gasteiger partial charge is 0.227 e. The summed E-state index contributed by atoms with van der Waals surface area (Å²) >= 11 is 0. The van der Waals surface area contributed by atoms with Crippen molar-refractivity contribution in [1.29, 1.82) is 0 Å².